The van der Waals surface area contributed by atoms with Gasteiger partial charge in [0.15, 0.2) is 0 Å². The van der Waals surface area contributed by atoms with E-state index in [9.17, 15) is 18.8 Å². The van der Waals surface area contributed by atoms with Crippen LogP contribution in [0.1, 0.15) is 66.1 Å². The first-order valence-electron chi connectivity index (χ1n) is 15.7. The van der Waals surface area contributed by atoms with Crippen molar-refractivity contribution < 1.29 is 37.7 Å². The second-order valence-electron chi connectivity index (χ2n) is 13.5. The molecule has 1 atom stereocenters. The van der Waals surface area contributed by atoms with Crippen LogP contribution in [0.4, 0.5) is 19.7 Å². The van der Waals surface area contributed by atoms with Crippen molar-refractivity contribution in [1.82, 2.24) is 14.8 Å². The first kappa shape index (κ1) is 35.4. The monoisotopic (exact) mass is 652 g/mol. The molecule has 1 aliphatic heterocycles. The molecule has 0 spiro atoms. The number of halogens is 1. The fourth-order valence-electron chi connectivity index (χ4n) is 5.34. The average Bonchev–Trinajstić information content (AvgIpc) is 2.99. The molecule has 11 nitrogen and oxygen atoms in total. The van der Waals surface area contributed by atoms with Gasteiger partial charge in [0.05, 0.1) is 12.6 Å². The van der Waals surface area contributed by atoms with E-state index in [1.54, 1.807) is 54.8 Å². The molecule has 3 aromatic rings. The fraction of sp³-hybridized carbons (Fsp3) is 0.486. The number of carbonyl (C=O) groups excluding carboxylic acids is 3. The van der Waals surface area contributed by atoms with Gasteiger partial charge < -0.3 is 24.3 Å². The van der Waals surface area contributed by atoms with Gasteiger partial charge in [-0.15, -0.1) is 0 Å². The summed E-state index contributed by atoms with van der Waals surface area (Å²) in [6, 6.07) is 12.5. The zero-order valence-corrected chi connectivity index (χ0v) is 28.2. The predicted octanol–water partition coefficient (Wildman–Crippen LogP) is 6.72. The van der Waals surface area contributed by atoms with Gasteiger partial charge in [-0.2, -0.15) is 0 Å². The van der Waals surface area contributed by atoms with Crippen LogP contribution in [-0.4, -0.2) is 83.5 Å². The summed E-state index contributed by atoms with van der Waals surface area (Å²) in [6.07, 6.45) is 0.710. The van der Waals surface area contributed by atoms with Crippen molar-refractivity contribution in [3.63, 3.8) is 0 Å². The topological polar surface area (TPSA) is 120 Å². The highest BCUT2D eigenvalue weighted by Crippen LogP contribution is 2.31. The van der Waals surface area contributed by atoms with Crippen molar-refractivity contribution in [1.29, 1.82) is 0 Å². The number of methoxy groups -OCH3 is 1. The van der Waals surface area contributed by atoms with Gasteiger partial charge in [0, 0.05) is 48.5 Å². The van der Waals surface area contributed by atoms with E-state index in [2.05, 4.69) is 15.2 Å². The molecule has 254 valence electrons. The lowest BCUT2D eigenvalue weighted by atomic mass is 10.00. The predicted molar refractivity (Wildman–Crippen MR) is 176 cm³/mol. The number of likely N-dealkylation sites (tertiary alicyclic amines) is 1. The molecule has 0 radical (unpaired) electrons. The number of carbonyl (C=O) groups is 3. The third kappa shape index (κ3) is 10.5. The van der Waals surface area contributed by atoms with Gasteiger partial charge >= 0.3 is 12.2 Å². The van der Waals surface area contributed by atoms with Crippen LogP contribution < -0.4 is 10.1 Å². The maximum Gasteiger partial charge on any atom is 0.509 e. The number of nitrogens with zero attached hydrogens (tertiary/aromatic N) is 3. The molecule has 0 unspecified atom stereocenters. The van der Waals surface area contributed by atoms with E-state index in [4.69, 9.17) is 18.9 Å². The number of amides is 2. The summed E-state index contributed by atoms with van der Waals surface area (Å²) in [4.78, 5) is 47.3. The van der Waals surface area contributed by atoms with Gasteiger partial charge in [0.1, 0.15) is 35.4 Å². The van der Waals surface area contributed by atoms with Crippen LogP contribution in [-0.2, 0) is 19.0 Å². The van der Waals surface area contributed by atoms with E-state index in [1.807, 2.05) is 24.3 Å². The summed E-state index contributed by atoms with van der Waals surface area (Å²) < 4.78 is 35.9. The zero-order valence-electron chi connectivity index (χ0n) is 28.2. The second-order valence-corrected chi connectivity index (χ2v) is 13.5. The van der Waals surface area contributed by atoms with Gasteiger partial charge in [0.25, 0.3) is 0 Å². The number of rotatable bonds is 9. The molecular weight excluding hydrogens is 607 g/mol. The third-order valence-electron chi connectivity index (χ3n) is 7.45. The number of benzene rings is 2. The van der Waals surface area contributed by atoms with Crippen LogP contribution in [0.25, 0.3) is 10.9 Å². The van der Waals surface area contributed by atoms with Crippen LogP contribution in [0.3, 0.4) is 0 Å². The number of hydrogen-bond donors (Lipinski definition) is 1. The minimum atomic E-state index is -0.784. The Morgan fingerprint density at radius 3 is 2.26 bits per heavy atom. The highest BCUT2D eigenvalue weighted by atomic mass is 19.1. The van der Waals surface area contributed by atoms with Gasteiger partial charge in [-0.05, 0) is 103 Å². The van der Waals surface area contributed by atoms with Crippen molar-refractivity contribution in [2.45, 2.75) is 77.7 Å². The van der Waals surface area contributed by atoms with Crippen molar-refractivity contribution >= 4 is 34.7 Å². The molecule has 0 saturated carbocycles. The Morgan fingerprint density at radius 1 is 0.979 bits per heavy atom. The number of fused-ring (bicyclic) bond motifs is 1. The normalized spacial score (nSPS) is 15.1. The van der Waals surface area contributed by atoms with Crippen LogP contribution in [0, 0.1) is 5.82 Å². The molecule has 2 amide bonds. The molecule has 12 heteroatoms. The lowest BCUT2D eigenvalue weighted by Crippen LogP contribution is -2.51. The van der Waals surface area contributed by atoms with E-state index < -0.39 is 41.3 Å². The molecule has 1 saturated heterocycles. The number of ether oxygens (including phenoxy) is 4. The van der Waals surface area contributed by atoms with Crippen LogP contribution >= 0.6 is 0 Å². The summed E-state index contributed by atoms with van der Waals surface area (Å²) >= 11 is 0. The number of nitrogens with one attached hydrogen (secondary N) is 1. The van der Waals surface area contributed by atoms with Gasteiger partial charge in [0.2, 0.25) is 5.91 Å². The Morgan fingerprint density at radius 2 is 1.64 bits per heavy atom. The van der Waals surface area contributed by atoms with E-state index in [-0.39, 0.29) is 12.6 Å². The molecule has 47 heavy (non-hydrogen) atoms. The molecular formula is C35H45FN4O7. The standard InChI is InChI=1S/C35H45FN4O7/c1-34(2,3)46-32(42)40(22-31(41)38-24-10-8-23(36)9-11-24)25-15-18-39(19-16-25)21-30(45-33(43)47-35(4,5)6)27-14-17-37-29-13-12-26(44-7)20-28(27)29/h8-14,17,20,25,30H,15-16,18-19,21-22H2,1-7H3,(H,38,41)/t30-/m0/s1. The molecule has 2 aromatic carbocycles. The summed E-state index contributed by atoms with van der Waals surface area (Å²) in [5, 5.41) is 3.52. The number of piperidine rings is 1. The Bertz CT molecular complexity index is 1540. The smallest absolute Gasteiger partial charge is 0.497 e. The molecule has 0 aliphatic carbocycles. The number of pyridine rings is 1. The lowest BCUT2D eigenvalue weighted by molar-refractivity contribution is -0.118. The van der Waals surface area contributed by atoms with Crippen molar-refractivity contribution in [3.05, 3.63) is 66.1 Å². The van der Waals surface area contributed by atoms with E-state index in [0.717, 1.165) is 16.5 Å². The quantitative estimate of drug-likeness (QED) is 0.251. The van der Waals surface area contributed by atoms with Gasteiger partial charge in [-0.3, -0.25) is 19.6 Å². The van der Waals surface area contributed by atoms with Crippen molar-refractivity contribution in [2.75, 3.05) is 38.6 Å². The largest absolute Gasteiger partial charge is 0.509 e. The van der Waals surface area contributed by atoms with E-state index >= 15 is 0 Å². The van der Waals surface area contributed by atoms with Crippen LogP contribution in [0.2, 0.25) is 0 Å². The summed E-state index contributed by atoms with van der Waals surface area (Å²) in [5.74, 6) is -0.189. The van der Waals surface area contributed by atoms with Crippen LogP contribution in [0.15, 0.2) is 54.7 Å². The van der Waals surface area contributed by atoms with Crippen molar-refractivity contribution in [2.24, 2.45) is 0 Å². The Kier molecular flexibility index (Phi) is 11.3. The number of hydrogen-bond acceptors (Lipinski definition) is 9. The lowest BCUT2D eigenvalue weighted by Gasteiger charge is -2.39. The molecule has 1 aromatic heterocycles. The first-order chi connectivity index (χ1) is 22.1. The van der Waals surface area contributed by atoms with Crippen molar-refractivity contribution in [3.8, 4) is 5.75 Å². The Labute approximate surface area is 275 Å². The molecule has 1 fully saturated rings. The number of aromatic nitrogens is 1. The number of anilines is 1. The fourth-order valence-corrected chi connectivity index (χ4v) is 5.34. The zero-order chi connectivity index (χ0) is 34.4. The summed E-state index contributed by atoms with van der Waals surface area (Å²) in [5.41, 5.74) is 0.414. The Balaban J connectivity index is 1.51. The molecule has 4 rings (SSSR count). The molecule has 2 heterocycles. The third-order valence-corrected chi connectivity index (χ3v) is 7.45. The highest BCUT2D eigenvalue weighted by Gasteiger charge is 2.34. The van der Waals surface area contributed by atoms with Gasteiger partial charge in [-0.25, -0.2) is 14.0 Å². The second kappa shape index (κ2) is 15.0. The molecule has 0 bridgehead atoms. The Hall–Kier alpha value is -4.45. The minimum absolute atomic E-state index is 0.230. The van der Waals surface area contributed by atoms with E-state index in [0.29, 0.717) is 43.9 Å². The highest BCUT2D eigenvalue weighted by molar-refractivity contribution is 5.94. The first-order valence-corrected chi connectivity index (χ1v) is 15.7. The average molecular weight is 653 g/mol. The summed E-state index contributed by atoms with van der Waals surface area (Å²) in [6.45, 7) is 11.9. The molecule has 1 N–H and O–H groups in total. The maximum atomic E-state index is 13.4. The van der Waals surface area contributed by atoms with Crippen LogP contribution in [0.5, 0.6) is 5.75 Å². The SMILES string of the molecule is COc1ccc2nccc([C@H](CN3CCC(N(CC(=O)Nc4ccc(F)cc4)C(=O)OC(C)(C)C)CC3)OC(=O)OC(C)(C)C)c2c1. The molecule has 1 aliphatic rings. The minimum Gasteiger partial charge on any atom is -0.497 e. The van der Waals surface area contributed by atoms with E-state index in [1.165, 1.54) is 29.2 Å². The van der Waals surface area contributed by atoms with Gasteiger partial charge in [-0.1, -0.05) is 0 Å². The maximum absolute atomic E-state index is 13.4. The summed E-state index contributed by atoms with van der Waals surface area (Å²) in [7, 11) is 1.59.